The van der Waals surface area contributed by atoms with Crippen molar-refractivity contribution < 1.29 is 9.59 Å². The van der Waals surface area contributed by atoms with Crippen LogP contribution in [0.3, 0.4) is 0 Å². The zero-order chi connectivity index (χ0) is 25.2. The molecule has 2 amide bonds. The van der Waals surface area contributed by atoms with Crippen LogP contribution in [0.1, 0.15) is 55.0 Å². The van der Waals surface area contributed by atoms with E-state index < -0.39 is 6.04 Å². The summed E-state index contributed by atoms with van der Waals surface area (Å²) < 4.78 is 0. The number of hydrogen-bond donors (Lipinski definition) is 1. The Kier molecular flexibility index (Phi) is 9.66. The Bertz CT molecular complexity index is 1070. The molecule has 0 saturated heterocycles. The van der Waals surface area contributed by atoms with Gasteiger partial charge in [0, 0.05) is 25.4 Å². The molecule has 0 aliphatic rings. The summed E-state index contributed by atoms with van der Waals surface area (Å²) in [6.45, 7) is 8.48. The van der Waals surface area contributed by atoms with E-state index in [0.717, 1.165) is 23.1 Å². The third kappa shape index (κ3) is 8.10. The Balaban J connectivity index is 1.87. The molecular formula is C31H38N2O2. The van der Waals surface area contributed by atoms with Gasteiger partial charge in [-0.15, -0.1) is 0 Å². The maximum absolute atomic E-state index is 13.7. The first kappa shape index (κ1) is 26.2. The van der Waals surface area contributed by atoms with Gasteiger partial charge in [-0.05, 0) is 55.9 Å². The SMILES string of the molecule is CCc1ccc(CCC(=O)N(Cc2ccc(C)cc2)[C@H](Cc2ccccc2)C(=O)NC(C)C)cc1. The number of nitrogens with zero attached hydrogens (tertiary/aromatic N) is 1. The zero-order valence-corrected chi connectivity index (χ0v) is 21.5. The molecule has 0 heterocycles. The molecule has 0 aliphatic heterocycles. The monoisotopic (exact) mass is 470 g/mol. The van der Waals surface area contributed by atoms with Crippen molar-refractivity contribution in [1.29, 1.82) is 0 Å². The summed E-state index contributed by atoms with van der Waals surface area (Å²) in [4.78, 5) is 28.8. The molecule has 0 aromatic heterocycles. The molecule has 0 radical (unpaired) electrons. The lowest BCUT2D eigenvalue weighted by atomic mass is 10.0. The van der Waals surface area contributed by atoms with Crippen molar-refractivity contribution in [1.82, 2.24) is 10.2 Å². The normalized spacial score (nSPS) is 11.8. The standard InChI is InChI=1S/C31H38N2O2/c1-5-25-15-17-26(18-16-25)19-20-30(34)33(22-28-13-11-24(4)12-14-28)29(31(35)32-23(2)3)21-27-9-7-6-8-10-27/h6-18,23,29H,5,19-22H2,1-4H3,(H,32,35)/t29-/m1/s1. The van der Waals surface area contributed by atoms with E-state index in [2.05, 4.69) is 36.5 Å². The number of carbonyl (C=O) groups excluding carboxylic acids is 2. The summed E-state index contributed by atoms with van der Waals surface area (Å²) in [5.41, 5.74) is 5.65. The molecule has 0 fully saturated rings. The molecule has 1 N–H and O–H groups in total. The van der Waals surface area contributed by atoms with Crippen molar-refractivity contribution in [2.45, 2.75) is 72.0 Å². The van der Waals surface area contributed by atoms with Crippen LogP contribution in [0.4, 0.5) is 0 Å². The van der Waals surface area contributed by atoms with Crippen LogP contribution in [-0.4, -0.2) is 28.8 Å². The number of amides is 2. The van der Waals surface area contributed by atoms with Crippen LogP contribution in [0.25, 0.3) is 0 Å². The fourth-order valence-corrected chi connectivity index (χ4v) is 4.16. The van der Waals surface area contributed by atoms with Gasteiger partial charge in [-0.2, -0.15) is 0 Å². The maximum atomic E-state index is 13.7. The Labute approximate surface area is 210 Å². The summed E-state index contributed by atoms with van der Waals surface area (Å²) in [6, 6.07) is 26.0. The second kappa shape index (κ2) is 12.9. The summed E-state index contributed by atoms with van der Waals surface area (Å²) in [5.74, 6) is -0.124. The van der Waals surface area contributed by atoms with Crippen LogP contribution in [0.5, 0.6) is 0 Å². The van der Waals surface area contributed by atoms with Gasteiger partial charge in [-0.1, -0.05) is 91.3 Å². The van der Waals surface area contributed by atoms with Crippen LogP contribution in [-0.2, 0) is 35.4 Å². The van der Waals surface area contributed by atoms with Gasteiger partial charge in [-0.25, -0.2) is 0 Å². The van der Waals surface area contributed by atoms with E-state index in [0.29, 0.717) is 25.8 Å². The van der Waals surface area contributed by atoms with E-state index in [1.807, 2.05) is 75.4 Å². The molecule has 0 spiro atoms. The van der Waals surface area contributed by atoms with Gasteiger partial charge in [0.05, 0.1) is 0 Å². The minimum atomic E-state index is -0.587. The van der Waals surface area contributed by atoms with Gasteiger partial charge < -0.3 is 10.2 Å². The lowest BCUT2D eigenvalue weighted by Gasteiger charge is -2.32. The first-order valence-electron chi connectivity index (χ1n) is 12.6. The van der Waals surface area contributed by atoms with E-state index in [-0.39, 0.29) is 17.9 Å². The summed E-state index contributed by atoms with van der Waals surface area (Å²) in [5, 5.41) is 3.05. The fraction of sp³-hybridized carbons (Fsp3) is 0.355. The number of aryl methyl sites for hydroxylation is 3. The Hall–Kier alpha value is -3.40. The molecule has 0 saturated carbocycles. The topological polar surface area (TPSA) is 49.4 Å². The Morgan fingerprint density at radius 2 is 1.40 bits per heavy atom. The van der Waals surface area contributed by atoms with Crippen molar-refractivity contribution in [3.05, 3.63) is 107 Å². The highest BCUT2D eigenvalue weighted by Gasteiger charge is 2.30. The first-order chi connectivity index (χ1) is 16.9. The molecule has 3 aromatic carbocycles. The second-order valence-electron chi connectivity index (χ2n) is 9.55. The molecule has 4 heteroatoms. The number of carbonyl (C=O) groups is 2. The molecule has 0 unspecified atom stereocenters. The molecule has 1 atom stereocenters. The van der Waals surface area contributed by atoms with Crippen LogP contribution in [0, 0.1) is 6.92 Å². The quantitative estimate of drug-likeness (QED) is 0.393. The van der Waals surface area contributed by atoms with E-state index in [4.69, 9.17) is 0 Å². The molecular weight excluding hydrogens is 432 g/mol. The predicted molar refractivity (Wildman–Crippen MR) is 143 cm³/mol. The van der Waals surface area contributed by atoms with E-state index >= 15 is 0 Å². The smallest absolute Gasteiger partial charge is 0.243 e. The molecule has 184 valence electrons. The van der Waals surface area contributed by atoms with Gasteiger partial charge in [0.15, 0.2) is 0 Å². The Morgan fingerprint density at radius 1 is 0.800 bits per heavy atom. The Morgan fingerprint density at radius 3 is 2.00 bits per heavy atom. The van der Waals surface area contributed by atoms with Crippen LogP contribution < -0.4 is 5.32 Å². The van der Waals surface area contributed by atoms with Crippen molar-refractivity contribution in [3.63, 3.8) is 0 Å². The van der Waals surface area contributed by atoms with E-state index in [1.165, 1.54) is 11.1 Å². The highest BCUT2D eigenvalue weighted by molar-refractivity contribution is 5.88. The lowest BCUT2D eigenvalue weighted by Crippen LogP contribution is -2.51. The van der Waals surface area contributed by atoms with Crippen LogP contribution in [0.15, 0.2) is 78.9 Å². The molecule has 3 aromatic rings. The zero-order valence-electron chi connectivity index (χ0n) is 21.5. The third-order valence-corrected chi connectivity index (χ3v) is 6.23. The highest BCUT2D eigenvalue weighted by Crippen LogP contribution is 2.18. The molecule has 0 bridgehead atoms. The summed E-state index contributed by atoms with van der Waals surface area (Å²) in [6.07, 6.45) is 2.48. The van der Waals surface area contributed by atoms with Crippen LogP contribution >= 0.6 is 0 Å². The number of hydrogen-bond acceptors (Lipinski definition) is 2. The third-order valence-electron chi connectivity index (χ3n) is 6.23. The van der Waals surface area contributed by atoms with E-state index in [1.54, 1.807) is 4.90 Å². The molecule has 4 nitrogen and oxygen atoms in total. The summed E-state index contributed by atoms with van der Waals surface area (Å²) in [7, 11) is 0. The predicted octanol–water partition coefficient (Wildman–Crippen LogP) is 5.65. The number of rotatable bonds is 11. The summed E-state index contributed by atoms with van der Waals surface area (Å²) >= 11 is 0. The highest BCUT2D eigenvalue weighted by atomic mass is 16.2. The maximum Gasteiger partial charge on any atom is 0.243 e. The van der Waals surface area contributed by atoms with Gasteiger partial charge in [0.25, 0.3) is 0 Å². The van der Waals surface area contributed by atoms with E-state index in [9.17, 15) is 9.59 Å². The first-order valence-corrected chi connectivity index (χ1v) is 12.6. The number of benzene rings is 3. The second-order valence-corrected chi connectivity index (χ2v) is 9.55. The minimum Gasteiger partial charge on any atom is -0.352 e. The van der Waals surface area contributed by atoms with Gasteiger partial charge >= 0.3 is 0 Å². The molecule has 3 rings (SSSR count). The number of nitrogens with one attached hydrogen (secondary N) is 1. The van der Waals surface area contributed by atoms with Crippen molar-refractivity contribution in [3.8, 4) is 0 Å². The minimum absolute atomic E-state index is 0.00539. The molecule has 35 heavy (non-hydrogen) atoms. The average molecular weight is 471 g/mol. The molecule has 0 aliphatic carbocycles. The largest absolute Gasteiger partial charge is 0.352 e. The lowest BCUT2D eigenvalue weighted by molar-refractivity contribution is -0.141. The van der Waals surface area contributed by atoms with Crippen molar-refractivity contribution in [2.24, 2.45) is 0 Å². The van der Waals surface area contributed by atoms with Crippen molar-refractivity contribution in [2.75, 3.05) is 0 Å². The fourth-order valence-electron chi connectivity index (χ4n) is 4.16. The van der Waals surface area contributed by atoms with Gasteiger partial charge in [-0.3, -0.25) is 9.59 Å². The van der Waals surface area contributed by atoms with Crippen LogP contribution in [0.2, 0.25) is 0 Å². The van der Waals surface area contributed by atoms with Gasteiger partial charge in [0.2, 0.25) is 11.8 Å². The van der Waals surface area contributed by atoms with Crippen molar-refractivity contribution >= 4 is 11.8 Å². The average Bonchev–Trinajstić information content (AvgIpc) is 2.86. The van der Waals surface area contributed by atoms with Gasteiger partial charge in [0.1, 0.15) is 6.04 Å².